The lowest BCUT2D eigenvalue weighted by molar-refractivity contribution is -0.123. The zero-order valence-electron chi connectivity index (χ0n) is 10.9. The molecule has 0 fully saturated rings. The molecule has 3 N–H and O–H groups in total. The van der Waals surface area contributed by atoms with Gasteiger partial charge in [-0.2, -0.15) is 0 Å². The Morgan fingerprint density at radius 1 is 1.47 bits per heavy atom. The molecular weight excluding hydrogens is 260 g/mol. The fourth-order valence-corrected chi connectivity index (χ4v) is 2.19. The minimum absolute atomic E-state index is 0.382. The van der Waals surface area contributed by atoms with Gasteiger partial charge in [-0.3, -0.25) is 15.1 Å². The van der Waals surface area contributed by atoms with Crippen molar-refractivity contribution in [3.8, 4) is 10.7 Å². The molecule has 0 unspecified atom stereocenters. The van der Waals surface area contributed by atoms with Crippen LogP contribution in [0.4, 0.5) is 0 Å². The van der Waals surface area contributed by atoms with E-state index in [0.29, 0.717) is 6.54 Å². The summed E-state index contributed by atoms with van der Waals surface area (Å²) in [5.41, 5.74) is 6.29. The molecule has 100 valence electrons. The van der Waals surface area contributed by atoms with E-state index in [0.717, 1.165) is 16.4 Å². The third-order valence-electron chi connectivity index (χ3n) is 2.76. The molecule has 2 rings (SSSR count). The zero-order chi connectivity index (χ0) is 13.9. The third kappa shape index (κ3) is 3.36. The highest BCUT2D eigenvalue weighted by molar-refractivity contribution is 7.13. The molecule has 19 heavy (non-hydrogen) atoms. The van der Waals surface area contributed by atoms with E-state index in [9.17, 15) is 4.79 Å². The van der Waals surface area contributed by atoms with Gasteiger partial charge in [-0.1, -0.05) is 6.07 Å². The fourth-order valence-electron chi connectivity index (χ4n) is 1.39. The van der Waals surface area contributed by atoms with Gasteiger partial charge in [0.2, 0.25) is 5.91 Å². The maximum absolute atomic E-state index is 11.2. The first kappa shape index (κ1) is 13.6. The lowest BCUT2D eigenvalue weighted by Crippen LogP contribution is -2.50. The summed E-state index contributed by atoms with van der Waals surface area (Å²) in [6.07, 6.45) is 1.74. The first-order valence-electron chi connectivity index (χ1n) is 5.90. The van der Waals surface area contributed by atoms with E-state index in [1.54, 1.807) is 20.0 Å². The van der Waals surface area contributed by atoms with Crippen LogP contribution in [0.3, 0.4) is 0 Å². The van der Waals surface area contributed by atoms with Gasteiger partial charge in [-0.15, -0.1) is 11.3 Å². The van der Waals surface area contributed by atoms with Gasteiger partial charge in [0.05, 0.1) is 16.9 Å². The van der Waals surface area contributed by atoms with Crippen LogP contribution >= 0.6 is 11.3 Å². The number of nitrogens with zero attached hydrogens (tertiary/aromatic N) is 2. The van der Waals surface area contributed by atoms with Crippen LogP contribution in [0.5, 0.6) is 0 Å². The second-order valence-corrected chi connectivity index (χ2v) is 5.56. The number of thiazole rings is 1. The third-order valence-corrected chi connectivity index (χ3v) is 3.68. The van der Waals surface area contributed by atoms with E-state index in [4.69, 9.17) is 5.73 Å². The van der Waals surface area contributed by atoms with E-state index < -0.39 is 5.54 Å². The Bertz CT molecular complexity index is 565. The number of aromatic nitrogens is 2. The van der Waals surface area contributed by atoms with E-state index in [-0.39, 0.29) is 5.91 Å². The van der Waals surface area contributed by atoms with Crippen LogP contribution in [0.1, 0.15) is 19.5 Å². The highest BCUT2D eigenvalue weighted by Gasteiger charge is 2.24. The molecule has 0 aromatic carbocycles. The smallest absolute Gasteiger partial charge is 0.237 e. The topological polar surface area (TPSA) is 80.9 Å². The number of hydrogen-bond acceptors (Lipinski definition) is 5. The molecule has 0 spiro atoms. The molecule has 0 atom stereocenters. The van der Waals surface area contributed by atoms with Crippen molar-refractivity contribution >= 4 is 17.2 Å². The molecule has 1 amide bonds. The highest BCUT2D eigenvalue weighted by atomic mass is 32.1. The normalized spacial score (nSPS) is 11.5. The summed E-state index contributed by atoms with van der Waals surface area (Å²) >= 11 is 1.53. The summed E-state index contributed by atoms with van der Waals surface area (Å²) in [4.78, 5) is 19.9. The van der Waals surface area contributed by atoms with E-state index in [1.165, 1.54) is 11.3 Å². The van der Waals surface area contributed by atoms with E-state index in [2.05, 4.69) is 15.3 Å². The van der Waals surface area contributed by atoms with Gasteiger partial charge in [0, 0.05) is 18.1 Å². The summed E-state index contributed by atoms with van der Waals surface area (Å²) in [5.74, 6) is -0.382. The van der Waals surface area contributed by atoms with Gasteiger partial charge in [0.1, 0.15) is 5.01 Å². The van der Waals surface area contributed by atoms with Crippen molar-refractivity contribution < 1.29 is 4.79 Å². The molecule has 2 aromatic rings. The van der Waals surface area contributed by atoms with Gasteiger partial charge in [-0.05, 0) is 26.0 Å². The Balaban J connectivity index is 2.05. The van der Waals surface area contributed by atoms with Crippen molar-refractivity contribution in [3.63, 3.8) is 0 Å². The Kier molecular flexibility index (Phi) is 3.92. The van der Waals surface area contributed by atoms with Gasteiger partial charge >= 0.3 is 0 Å². The molecule has 2 aromatic heterocycles. The molecular formula is C13H16N4OS. The molecule has 5 nitrogen and oxygen atoms in total. The van der Waals surface area contributed by atoms with Crippen LogP contribution in [0.2, 0.25) is 0 Å². The number of carbonyl (C=O) groups excluding carboxylic acids is 1. The zero-order valence-corrected chi connectivity index (χ0v) is 11.7. The monoisotopic (exact) mass is 276 g/mol. The average Bonchev–Trinajstić information content (AvgIpc) is 2.86. The number of primary amides is 1. The number of amides is 1. The summed E-state index contributed by atoms with van der Waals surface area (Å²) in [6.45, 7) is 4.00. The number of rotatable bonds is 5. The molecule has 2 heterocycles. The second-order valence-electron chi connectivity index (χ2n) is 4.70. The van der Waals surface area contributed by atoms with Gasteiger partial charge in [-0.25, -0.2) is 4.98 Å². The van der Waals surface area contributed by atoms with Crippen molar-refractivity contribution in [1.29, 1.82) is 0 Å². The molecule has 0 aliphatic carbocycles. The number of nitrogens with two attached hydrogens (primary N) is 1. The minimum Gasteiger partial charge on any atom is -0.368 e. The van der Waals surface area contributed by atoms with Crippen molar-refractivity contribution in [2.75, 3.05) is 0 Å². The van der Waals surface area contributed by atoms with Crippen LogP contribution in [-0.2, 0) is 11.3 Å². The molecule has 0 radical (unpaired) electrons. The maximum Gasteiger partial charge on any atom is 0.237 e. The molecule has 0 aliphatic rings. The number of nitrogens with one attached hydrogen (secondary N) is 1. The Morgan fingerprint density at radius 3 is 2.89 bits per heavy atom. The Hall–Kier alpha value is -1.79. The highest BCUT2D eigenvalue weighted by Crippen LogP contribution is 2.21. The standard InChI is InChI=1S/C13H16N4OS/c1-13(2,12(14)18)16-7-9-8-19-11(17-9)10-5-3-4-6-15-10/h3-6,8,16H,7H2,1-2H3,(H2,14,18). The predicted molar refractivity (Wildman–Crippen MR) is 75.5 cm³/mol. The lowest BCUT2D eigenvalue weighted by Gasteiger charge is -2.21. The first-order valence-corrected chi connectivity index (χ1v) is 6.78. The summed E-state index contributed by atoms with van der Waals surface area (Å²) in [6, 6.07) is 5.72. The summed E-state index contributed by atoms with van der Waals surface area (Å²) in [5, 5.41) is 5.91. The van der Waals surface area contributed by atoms with Crippen molar-refractivity contribution in [2.24, 2.45) is 5.73 Å². The number of hydrogen-bond donors (Lipinski definition) is 2. The van der Waals surface area contributed by atoms with Gasteiger partial charge in [0.15, 0.2) is 0 Å². The lowest BCUT2D eigenvalue weighted by atomic mass is 10.1. The molecule has 6 heteroatoms. The molecule has 0 saturated heterocycles. The van der Waals surface area contributed by atoms with Crippen LogP contribution < -0.4 is 11.1 Å². The van der Waals surface area contributed by atoms with Crippen LogP contribution in [0.15, 0.2) is 29.8 Å². The second kappa shape index (κ2) is 5.46. The summed E-state index contributed by atoms with van der Waals surface area (Å²) in [7, 11) is 0. The van der Waals surface area contributed by atoms with E-state index in [1.807, 2.05) is 23.6 Å². The predicted octanol–water partition coefficient (Wildman–Crippen LogP) is 1.56. The fraction of sp³-hybridized carbons (Fsp3) is 0.308. The largest absolute Gasteiger partial charge is 0.368 e. The number of pyridine rings is 1. The van der Waals surface area contributed by atoms with Gasteiger partial charge < -0.3 is 5.73 Å². The Morgan fingerprint density at radius 2 is 2.26 bits per heavy atom. The maximum atomic E-state index is 11.2. The van der Waals surface area contributed by atoms with Gasteiger partial charge in [0.25, 0.3) is 0 Å². The van der Waals surface area contributed by atoms with Crippen LogP contribution in [0, 0.1) is 0 Å². The van der Waals surface area contributed by atoms with Crippen LogP contribution in [-0.4, -0.2) is 21.4 Å². The molecule has 0 saturated carbocycles. The van der Waals surface area contributed by atoms with Crippen molar-refractivity contribution in [3.05, 3.63) is 35.5 Å². The Labute approximate surface area is 115 Å². The quantitative estimate of drug-likeness (QED) is 0.868. The van der Waals surface area contributed by atoms with E-state index >= 15 is 0 Å². The summed E-state index contributed by atoms with van der Waals surface area (Å²) < 4.78 is 0. The van der Waals surface area contributed by atoms with Crippen molar-refractivity contribution in [2.45, 2.75) is 25.9 Å². The average molecular weight is 276 g/mol. The molecule has 0 aliphatic heterocycles. The minimum atomic E-state index is -0.741. The number of carbonyl (C=O) groups is 1. The first-order chi connectivity index (χ1) is 8.99. The SMILES string of the molecule is CC(C)(NCc1csc(-c2ccccn2)n1)C(N)=O. The van der Waals surface area contributed by atoms with Crippen molar-refractivity contribution in [1.82, 2.24) is 15.3 Å². The van der Waals surface area contributed by atoms with Crippen LogP contribution in [0.25, 0.3) is 10.7 Å². The molecule has 0 bridgehead atoms.